The Morgan fingerprint density at radius 2 is 1.65 bits per heavy atom. The highest BCUT2D eigenvalue weighted by atomic mass is 35.5. The average molecular weight is 342 g/mol. The summed E-state index contributed by atoms with van der Waals surface area (Å²) in [6, 6.07) is 15.0. The van der Waals surface area contributed by atoms with Crippen LogP contribution >= 0.6 is 23.2 Å². The molecular formula is C17H9Cl2N3O. The third-order valence-electron chi connectivity index (χ3n) is 2.84. The van der Waals surface area contributed by atoms with Crippen LogP contribution in [0.3, 0.4) is 0 Å². The van der Waals surface area contributed by atoms with Crippen LogP contribution < -0.4 is 5.32 Å². The van der Waals surface area contributed by atoms with Crippen molar-refractivity contribution in [1.82, 2.24) is 0 Å². The van der Waals surface area contributed by atoms with E-state index in [0.717, 1.165) is 0 Å². The molecule has 112 valence electrons. The minimum atomic E-state index is -0.574. The number of amides is 1. The minimum Gasteiger partial charge on any atom is -0.321 e. The zero-order valence-electron chi connectivity index (χ0n) is 11.7. The van der Waals surface area contributed by atoms with Crippen molar-refractivity contribution in [2.24, 2.45) is 0 Å². The van der Waals surface area contributed by atoms with Gasteiger partial charge in [-0.2, -0.15) is 10.5 Å². The number of carbonyl (C=O) groups is 1. The molecular weight excluding hydrogens is 333 g/mol. The molecule has 0 bridgehead atoms. The zero-order chi connectivity index (χ0) is 16.8. The summed E-state index contributed by atoms with van der Waals surface area (Å²) in [7, 11) is 0. The number of anilines is 1. The molecule has 0 unspecified atom stereocenters. The Hall–Kier alpha value is -2.79. The van der Waals surface area contributed by atoms with E-state index in [1.807, 2.05) is 12.1 Å². The Morgan fingerprint density at radius 1 is 1.04 bits per heavy atom. The lowest BCUT2D eigenvalue weighted by molar-refractivity contribution is -0.112. The molecule has 1 amide bonds. The van der Waals surface area contributed by atoms with Gasteiger partial charge in [-0.1, -0.05) is 35.3 Å². The van der Waals surface area contributed by atoms with Crippen molar-refractivity contribution >= 4 is 40.9 Å². The molecule has 0 aliphatic heterocycles. The molecule has 0 atom stereocenters. The van der Waals surface area contributed by atoms with Gasteiger partial charge in [-0.25, -0.2) is 0 Å². The topological polar surface area (TPSA) is 76.7 Å². The van der Waals surface area contributed by atoms with E-state index in [1.165, 1.54) is 24.3 Å². The van der Waals surface area contributed by atoms with Gasteiger partial charge in [0.2, 0.25) is 0 Å². The summed E-state index contributed by atoms with van der Waals surface area (Å²) in [5.41, 5.74) is 1.46. The predicted molar refractivity (Wildman–Crippen MR) is 89.8 cm³/mol. The second kappa shape index (κ2) is 7.47. The maximum atomic E-state index is 12.2. The van der Waals surface area contributed by atoms with Crippen molar-refractivity contribution in [2.45, 2.75) is 0 Å². The molecule has 23 heavy (non-hydrogen) atoms. The third kappa shape index (κ3) is 4.59. The van der Waals surface area contributed by atoms with Crippen LogP contribution in [0.5, 0.6) is 0 Å². The first-order valence-corrected chi connectivity index (χ1v) is 7.17. The van der Waals surface area contributed by atoms with Crippen molar-refractivity contribution < 1.29 is 4.79 Å². The first-order chi connectivity index (χ1) is 11.0. The molecule has 0 aliphatic rings. The van der Waals surface area contributed by atoms with Crippen LogP contribution in [-0.2, 0) is 4.79 Å². The molecule has 6 heteroatoms. The van der Waals surface area contributed by atoms with E-state index in [2.05, 4.69) is 5.32 Å². The second-order valence-corrected chi connectivity index (χ2v) is 5.39. The fourth-order valence-corrected chi connectivity index (χ4v) is 2.32. The highest BCUT2D eigenvalue weighted by Crippen LogP contribution is 2.23. The van der Waals surface area contributed by atoms with Crippen LogP contribution in [0.1, 0.15) is 11.1 Å². The number of hydrogen-bond acceptors (Lipinski definition) is 3. The van der Waals surface area contributed by atoms with Crippen molar-refractivity contribution in [3.05, 3.63) is 69.2 Å². The molecule has 0 saturated carbocycles. The predicted octanol–water partition coefficient (Wildman–Crippen LogP) is 4.41. The van der Waals surface area contributed by atoms with E-state index in [0.29, 0.717) is 26.9 Å². The van der Waals surface area contributed by atoms with E-state index in [4.69, 9.17) is 33.7 Å². The number of nitriles is 2. The van der Waals surface area contributed by atoms with Gasteiger partial charge in [0.1, 0.15) is 11.6 Å². The van der Waals surface area contributed by atoms with Crippen molar-refractivity contribution in [3.8, 4) is 12.1 Å². The molecule has 0 fully saturated rings. The molecule has 0 aromatic heterocycles. The van der Waals surface area contributed by atoms with Gasteiger partial charge in [0.05, 0.1) is 11.6 Å². The standard InChI is InChI=1S/C17H9Cl2N3O/c18-14-6-15(19)8-16(7-14)22-17(23)13(10-21)5-11-1-3-12(9-20)4-2-11/h1-8H,(H,22,23). The van der Waals surface area contributed by atoms with Crippen LogP contribution in [0.2, 0.25) is 10.0 Å². The summed E-state index contributed by atoms with van der Waals surface area (Å²) in [6.45, 7) is 0. The molecule has 2 aromatic rings. The number of benzene rings is 2. The van der Waals surface area contributed by atoms with Crippen LogP contribution in [0, 0.1) is 22.7 Å². The van der Waals surface area contributed by atoms with Crippen LogP contribution in [0.15, 0.2) is 48.0 Å². The number of nitrogens with one attached hydrogen (secondary N) is 1. The Kier molecular flexibility index (Phi) is 5.38. The van der Waals surface area contributed by atoms with Gasteiger partial charge in [0.25, 0.3) is 5.91 Å². The van der Waals surface area contributed by atoms with Gasteiger partial charge in [-0.3, -0.25) is 4.79 Å². The normalized spacial score (nSPS) is 10.5. The van der Waals surface area contributed by atoms with E-state index >= 15 is 0 Å². The number of rotatable bonds is 3. The van der Waals surface area contributed by atoms with Crippen molar-refractivity contribution in [2.75, 3.05) is 5.32 Å². The van der Waals surface area contributed by atoms with E-state index < -0.39 is 5.91 Å². The molecule has 0 aliphatic carbocycles. The van der Waals surface area contributed by atoms with Gasteiger partial charge in [-0.15, -0.1) is 0 Å². The summed E-state index contributed by atoms with van der Waals surface area (Å²) in [6.07, 6.45) is 1.43. The fraction of sp³-hybridized carbons (Fsp3) is 0. The molecule has 0 saturated heterocycles. The minimum absolute atomic E-state index is 0.0780. The molecule has 4 nitrogen and oxygen atoms in total. The Bertz CT molecular complexity index is 839. The molecule has 1 N–H and O–H groups in total. The quantitative estimate of drug-likeness (QED) is 0.663. The molecule has 0 radical (unpaired) electrons. The first kappa shape index (κ1) is 16.6. The summed E-state index contributed by atoms with van der Waals surface area (Å²) in [5, 5.41) is 21.2. The molecule has 0 spiro atoms. The van der Waals surface area contributed by atoms with Crippen LogP contribution in [0.4, 0.5) is 5.69 Å². The van der Waals surface area contributed by atoms with Gasteiger partial charge in [-0.05, 0) is 42.0 Å². The number of halogens is 2. The Balaban J connectivity index is 2.22. The maximum Gasteiger partial charge on any atom is 0.266 e. The summed E-state index contributed by atoms with van der Waals surface area (Å²) in [4.78, 5) is 12.2. The largest absolute Gasteiger partial charge is 0.321 e. The van der Waals surface area contributed by atoms with Crippen LogP contribution in [-0.4, -0.2) is 5.91 Å². The van der Waals surface area contributed by atoms with Gasteiger partial charge < -0.3 is 5.32 Å². The number of hydrogen-bond donors (Lipinski definition) is 1. The SMILES string of the molecule is N#CC(=Cc1ccc(C#N)cc1)C(=O)Nc1cc(Cl)cc(Cl)c1. The highest BCUT2D eigenvalue weighted by molar-refractivity contribution is 6.35. The Morgan fingerprint density at radius 3 is 2.17 bits per heavy atom. The smallest absolute Gasteiger partial charge is 0.266 e. The maximum absolute atomic E-state index is 12.2. The summed E-state index contributed by atoms with van der Waals surface area (Å²) >= 11 is 11.7. The van der Waals surface area contributed by atoms with Crippen molar-refractivity contribution in [1.29, 1.82) is 10.5 Å². The summed E-state index contributed by atoms with van der Waals surface area (Å²) in [5.74, 6) is -0.574. The van der Waals surface area contributed by atoms with Crippen molar-refractivity contribution in [3.63, 3.8) is 0 Å². The average Bonchev–Trinajstić information content (AvgIpc) is 2.52. The monoisotopic (exact) mass is 341 g/mol. The van der Waals surface area contributed by atoms with Gasteiger partial charge in [0, 0.05) is 15.7 Å². The van der Waals surface area contributed by atoms with E-state index in [1.54, 1.807) is 24.3 Å². The highest BCUT2D eigenvalue weighted by Gasteiger charge is 2.10. The lowest BCUT2D eigenvalue weighted by atomic mass is 10.1. The van der Waals surface area contributed by atoms with Gasteiger partial charge >= 0.3 is 0 Å². The molecule has 2 aromatic carbocycles. The van der Waals surface area contributed by atoms with Gasteiger partial charge in [0.15, 0.2) is 0 Å². The van der Waals surface area contributed by atoms with E-state index in [-0.39, 0.29) is 5.57 Å². The number of carbonyl (C=O) groups excluding carboxylic acids is 1. The molecule has 2 rings (SSSR count). The lowest BCUT2D eigenvalue weighted by Gasteiger charge is -2.05. The fourth-order valence-electron chi connectivity index (χ4n) is 1.79. The van der Waals surface area contributed by atoms with E-state index in [9.17, 15) is 4.79 Å². The third-order valence-corrected chi connectivity index (χ3v) is 3.27. The molecule has 0 heterocycles. The Labute approximate surface area is 143 Å². The zero-order valence-corrected chi connectivity index (χ0v) is 13.2. The summed E-state index contributed by atoms with van der Waals surface area (Å²) < 4.78 is 0. The number of nitrogens with zero attached hydrogens (tertiary/aromatic N) is 2. The van der Waals surface area contributed by atoms with Crippen LogP contribution in [0.25, 0.3) is 6.08 Å². The first-order valence-electron chi connectivity index (χ1n) is 6.41. The second-order valence-electron chi connectivity index (χ2n) is 4.52. The lowest BCUT2D eigenvalue weighted by Crippen LogP contribution is -2.13.